The Kier molecular flexibility index (Phi) is 21.9. The Bertz CT molecular complexity index is 207. The van der Waals surface area contributed by atoms with Gasteiger partial charge in [0.05, 0.1) is 0 Å². The Labute approximate surface area is 158 Å². The van der Waals surface area contributed by atoms with Gasteiger partial charge in [-0.15, -0.1) is 13.1 Å². The Morgan fingerprint density at radius 1 is 0.609 bits per heavy atom. The van der Waals surface area contributed by atoms with E-state index in [1.54, 1.807) is 0 Å². The molecule has 0 aromatic rings. The van der Waals surface area contributed by atoms with Crippen LogP contribution >= 0.6 is 0 Å². The van der Waals surface area contributed by atoms with E-state index in [1.807, 2.05) is 0 Å². The summed E-state index contributed by atoms with van der Waals surface area (Å²) in [6.07, 6.45) is 2.46. The van der Waals surface area contributed by atoms with E-state index in [0.29, 0.717) is 13.1 Å². The van der Waals surface area contributed by atoms with Gasteiger partial charge in [-0.25, -0.2) is 0 Å². The summed E-state index contributed by atoms with van der Waals surface area (Å²) in [6.45, 7) is 18.6. The summed E-state index contributed by atoms with van der Waals surface area (Å²) in [7, 11) is -1.65. The third-order valence-corrected chi connectivity index (χ3v) is 6.73. The molecule has 0 aliphatic carbocycles. The van der Waals surface area contributed by atoms with Crippen molar-refractivity contribution in [3.63, 3.8) is 0 Å². The van der Waals surface area contributed by atoms with Crippen molar-refractivity contribution in [1.82, 2.24) is 0 Å². The van der Waals surface area contributed by atoms with Crippen LogP contribution < -0.4 is 0 Å². The van der Waals surface area contributed by atoms with Crippen LogP contribution in [0, 0.1) is 0 Å². The van der Waals surface area contributed by atoms with Gasteiger partial charge < -0.3 is 22.1 Å². The molecular formula is C16H40CuN4Si2-4. The monoisotopic (exact) mass is 407 g/mol. The number of nitrogens with one attached hydrogen (secondary N) is 2. The predicted octanol–water partition coefficient (Wildman–Crippen LogP) is 6.28. The fourth-order valence-electron chi connectivity index (χ4n) is 1.82. The van der Waals surface area contributed by atoms with Crippen LogP contribution in [-0.2, 0) is 17.1 Å². The molecule has 4 nitrogen and oxygen atoms in total. The first kappa shape index (κ1) is 28.6. The average molecular weight is 408 g/mol. The van der Waals surface area contributed by atoms with Crippen LogP contribution in [0.1, 0.15) is 12.8 Å². The molecule has 0 aromatic heterocycles. The molecule has 0 saturated carbocycles. The summed E-state index contributed by atoms with van der Waals surface area (Å²) in [5, 5.41) is 8.46. The molecule has 0 bridgehead atoms. The van der Waals surface area contributed by atoms with Crippen LogP contribution in [0.5, 0.6) is 0 Å². The van der Waals surface area contributed by atoms with Gasteiger partial charge in [0.1, 0.15) is 0 Å². The summed E-state index contributed by atoms with van der Waals surface area (Å²) in [6, 6.07) is 2.74. The minimum absolute atomic E-state index is 0. The van der Waals surface area contributed by atoms with Gasteiger partial charge in [0.15, 0.2) is 0 Å². The van der Waals surface area contributed by atoms with Gasteiger partial charge in [-0.05, 0) is 0 Å². The fourth-order valence-corrected chi connectivity index (χ4v) is 4.26. The molecule has 1 radical (unpaired) electrons. The zero-order valence-electron chi connectivity index (χ0n) is 16.3. The maximum atomic E-state index is 6.88. The van der Waals surface area contributed by atoms with Gasteiger partial charge in [0, 0.05) is 33.2 Å². The van der Waals surface area contributed by atoms with E-state index in [9.17, 15) is 0 Å². The first-order valence-electron chi connectivity index (χ1n) is 8.68. The number of hydrogen-bond donors (Lipinski definition) is 0. The fraction of sp³-hybridized carbons (Fsp3) is 1.00. The van der Waals surface area contributed by atoms with E-state index in [4.69, 9.17) is 11.5 Å². The SMILES string of the molecule is C[Si](C)(C)CCC[N-]CC[NH-].C[Si](C)(C)CCC[N-]CC[NH-].[Cu]. The second-order valence-corrected chi connectivity index (χ2v) is 19.4. The molecule has 0 amide bonds. The zero-order valence-corrected chi connectivity index (χ0v) is 19.2. The molecule has 0 fully saturated rings. The van der Waals surface area contributed by atoms with Gasteiger partial charge in [-0.1, -0.05) is 64.2 Å². The molecule has 23 heavy (non-hydrogen) atoms. The first-order valence-corrected chi connectivity index (χ1v) is 16.1. The first-order chi connectivity index (χ1) is 10.1. The average Bonchev–Trinajstić information content (AvgIpc) is 2.36. The van der Waals surface area contributed by atoms with Crippen molar-refractivity contribution < 1.29 is 17.1 Å². The smallest absolute Gasteiger partial charge is 0.0442 e. The van der Waals surface area contributed by atoms with Gasteiger partial charge >= 0.3 is 0 Å². The van der Waals surface area contributed by atoms with Gasteiger partial charge in [-0.2, -0.15) is 26.2 Å². The third kappa shape index (κ3) is 34.9. The molecule has 147 valence electrons. The van der Waals surface area contributed by atoms with Crippen LogP contribution in [0.15, 0.2) is 0 Å². The van der Waals surface area contributed by atoms with Crippen molar-refractivity contribution in [2.24, 2.45) is 0 Å². The second kappa shape index (κ2) is 17.6. The standard InChI is InChI=1S/2C8H20N2Si.Cu/c2*1-11(2,3)8-4-6-10-7-5-9;/h2*9H,4-8H2,1-3H3;/q2*-2;. The van der Waals surface area contributed by atoms with Crippen molar-refractivity contribution in [2.45, 2.75) is 64.2 Å². The summed E-state index contributed by atoms with van der Waals surface area (Å²) in [4.78, 5) is 0. The molecule has 0 rings (SSSR count). The Morgan fingerprint density at radius 2 is 0.913 bits per heavy atom. The van der Waals surface area contributed by atoms with E-state index in [1.165, 1.54) is 24.9 Å². The zero-order chi connectivity index (χ0) is 17.5. The van der Waals surface area contributed by atoms with Crippen LogP contribution in [-0.4, -0.2) is 55.4 Å². The normalized spacial score (nSPS) is 11.5. The molecule has 2 N–H and O–H groups in total. The number of nitrogens with zero attached hydrogens (tertiary/aromatic N) is 2. The van der Waals surface area contributed by atoms with Gasteiger partial charge in [-0.3, -0.25) is 0 Å². The van der Waals surface area contributed by atoms with Gasteiger partial charge in [0.2, 0.25) is 0 Å². The quantitative estimate of drug-likeness (QED) is 0.269. The van der Waals surface area contributed by atoms with Crippen molar-refractivity contribution in [1.29, 1.82) is 0 Å². The minimum Gasteiger partial charge on any atom is -0.679 e. The summed E-state index contributed by atoms with van der Waals surface area (Å²) in [5.74, 6) is 0. The Morgan fingerprint density at radius 3 is 1.13 bits per heavy atom. The van der Waals surface area contributed by atoms with E-state index in [-0.39, 0.29) is 17.1 Å². The van der Waals surface area contributed by atoms with Crippen molar-refractivity contribution >= 4 is 16.1 Å². The Balaban J connectivity index is -0.000000333. The largest absolute Gasteiger partial charge is 0.679 e. The molecule has 0 saturated heterocycles. The summed E-state index contributed by atoms with van der Waals surface area (Å²) < 4.78 is 0. The molecule has 0 aliphatic rings. The molecule has 0 aliphatic heterocycles. The van der Waals surface area contributed by atoms with E-state index >= 15 is 0 Å². The molecule has 0 unspecified atom stereocenters. The van der Waals surface area contributed by atoms with E-state index in [0.717, 1.165) is 26.2 Å². The predicted molar refractivity (Wildman–Crippen MR) is 110 cm³/mol. The maximum absolute atomic E-state index is 6.88. The molecule has 0 aromatic carbocycles. The molecular weight excluding hydrogens is 368 g/mol. The van der Waals surface area contributed by atoms with E-state index in [2.05, 4.69) is 49.9 Å². The topological polar surface area (TPSA) is 75.8 Å². The second-order valence-electron chi connectivity index (χ2n) is 8.17. The molecule has 7 heteroatoms. The summed E-state index contributed by atoms with van der Waals surface area (Å²) in [5.41, 5.74) is 13.8. The summed E-state index contributed by atoms with van der Waals surface area (Å²) >= 11 is 0. The van der Waals surface area contributed by atoms with Crippen LogP contribution in [0.25, 0.3) is 22.1 Å². The van der Waals surface area contributed by atoms with Gasteiger partial charge in [0.25, 0.3) is 0 Å². The van der Waals surface area contributed by atoms with Crippen molar-refractivity contribution in [3.05, 3.63) is 22.1 Å². The molecule has 0 heterocycles. The van der Waals surface area contributed by atoms with Crippen molar-refractivity contribution in [3.8, 4) is 0 Å². The minimum atomic E-state index is -0.824. The van der Waals surface area contributed by atoms with E-state index < -0.39 is 16.1 Å². The van der Waals surface area contributed by atoms with Crippen LogP contribution in [0.4, 0.5) is 0 Å². The van der Waals surface area contributed by atoms with Crippen LogP contribution in [0.2, 0.25) is 51.4 Å². The molecule has 0 spiro atoms. The van der Waals surface area contributed by atoms with Crippen LogP contribution in [0.3, 0.4) is 0 Å². The van der Waals surface area contributed by atoms with Crippen molar-refractivity contribution in [2.75, 3.05) is 39.3 Å². The third-order valence-electron chi connectivity index (χ3n) is 3.03. The number of rotatable bonds is 12. The molecule has 0 atom stereocenters. The maximum Gasteiger partial charge on any atom is 0.0442 e. The Hall–Kier alpha value is 0.793. The number of hydrogen-bond acceptors (Lipinski definition) is 0.